The van der Waals surface area contributed by atoms with Gasteiger partial charge in [0.15, 0.2) is 0 Å². The van der Waals surface area contributed by atoms with Gasteiger partial charge < -0.3 is 15.3 Å². The largest absolute Gasteiger partial charge is 0.396 e. The van der Waals surface area contributed by atoms with Crippen molar-refractivity contribution in [3.8, 4) is 0 Å². The van der Waals surface area contributed by atoms with Crippen molar-refractivity contribution in [3.05, 3.63) is 34.9 Å². The molecule has 0 fully saturated rings. The Kier molecular flexibility index (Phi) is 7.19. The molecular weight excluding hydrogens is 292 g/mol. The van der Waals surface area contributed by atoms with Gasteiger partial charge in [-0.1, -0.05) is 17.7 Å². The van der Waals surface area contributed by atoms with Gasteiger partial charge >= 0.3 is 0 Å². The molecule has 0 atom stereocenters. The van der Waals surface area contributed by atoms with Gasteiger partial charge in [-0.05, 0) is 38.5 Å². The minimum Gasteiger partial charge on any atom is -0.396 e. The first kappa shape index (κ1) is 17.5. The molecule has 2 N–H and O–H groups in total. The highest BCUT2D eigenvalue weighted by molar-refractivity contribution is 6.30. The van der Waals surface area contributed by atoms with Crippen LogP contribution >= 0.6 is 11.6 Å². The van der Waals surface area contributed by atoms with Crippen molar-refractivity contribution in [2.24, 2.45) is 0 Å². The molecule has 0 unspecified atom stereocenters. The quantitative estimate of drug-likeness (QED) is 0.805. The lowest BCUT2D eigenvalue weighted by Crippen LogP contribution is -2.44. The molecule has 0 saturated carbocycles. The fourth-order valence-corrected chi connectivity index (χ4v) is 2.09. The fraction of sp³-hybridized carbons (Fsp3) is 0.467. The Labute approximate surface area is 129 Å². The summed E-state index contributed by atoms with van der Waals surface area (Å²) in [6, 6.07) is 6.57. The van der Waals surface area contributed by atoms with Crippen LogP contribution in [0.3, 0.4) is 0 Å². The number of aliphatic hydroxyl groups excluding tert-OH is 1. The molecule has 0 spiro atoms. The second-order valence-corrected chi connectivity index (χ2v) is 5.39. The molecule has 0 heterocycles. The van der Waals surface area contributed by atoms with Crippen LogP contribution in [0.2, 0.25) is 5.02 Å². The van der Waals surface area contributed by atoms with E-state index in [0.29, 0.717) is 23.6 Å². The van der Waals surface area contributed by atoms with E-state index < -0.39 is 0 Å². The zero-order chi connectivity index (χ0) is 15.8. The highest BCUT2D eigenvalue weighted by Gasteiger charge is 2.17. The lowest BCUT2D eigenvalue weighted by atomic mass is 10.2. The summed E-state index contributed by atoms with van der Waals surface area (Å²) in [5.74, 6) is -0.509. The number of hydrogen-bond acceptors (Lipinski definition) is 3. The van der Waals surface area contributed by atoms with Crippen LogP contribution in [0.1, 0.15) is 30.6 Å². The second-order valence-electron chi connectivity index (χ2n) is 4.95. The van der Waals surface area contributed by atoms with E-state index in [0.717, 1.165) is 0 Å². The van der Waals surface area contributed by atoms with Crippen LogP contribution in [-0.4, -0.2) is 47.6 Å². The van der Waals surface area contributed by atoms with Gasteiger partial charge in [0.25, 0.3) is 5.91 Å². The number of hydrogen-bond donors (Lipinski definition) is 2. The lowest BCUT2D eigenvalue weighted by molar-refractivity contribution is -0.131. The van der Waals surface area contributed by atoms with E-state index in [1.165, 1.54) is 0 Å². The second kappa shape index (κ2) is 8.64. The van der Waals surface area contributed by atoms with Crippen molar-refractivity contribution in [1.29, 1.82) is 0 Å². The predicted molar refractivity (Wildman–Crippen MR) is 82.3 cm³/mol. The topological polar surface area (TPSA) is 69.6 Å². The van der Waals surface area contributed by atoms with Crippen LogP contribution in [0.4, 0.5) is 0 Å². The van der Waals surface area contributed by atoms with Crippen LogP contribution in [-0.2, 0) is 4.79 Å². The average molecular weight is 313 g/mol. The van der Waals surface area contributed by atoms with Gasteiger partial charge in [-0.3, -0.25) is 9.59 Å². The molecule has 0 aromatic heterocycles. The number of nitrogens with one attached hydrogen (secondary N) is 1. The summed E-state index contributed by atoms with van der Waals surface area (Å²) < 4.78 is 0. The van der Waals surface area contributed by atoms with Gasteiger partial charge in [-0.25, -0.2) is 0 Å². The van der Waals surface area contributed by atoms with Gasteiger partial charge in [0.05, 0.1) is 6.54 Å². The Bertz CT molecular complexity index is 492. The Balaban J connectivity index is 2.56. The van der Waals surface area contributed by atoms with E-state index in [1.807, 2.05) is 13.8 Å². The van der Waals surface area contributed by atoms with E-state index in [4.69, 9.17) is 16.7 Å². The van der Waals surface area contributed by atoms with Gasteiger partial charge in [-0.15, -0.1) is 0 Å². The SMILES string of the molecule is CC(C)N(CCCO)C(=O)CNC(=O)c1cccc(Cl)c1. The Morgan fingerprint density at radius 2 is 2.10 bits per heavy atom. The van der Waals surface area contributed by atoms with Gasteiger partial charge in [0.1, 0.15) is 0 Å². The van der Waals surface area contributed by atoms with Crippen molar-refractivity contribution < 1.29 is 14.7 Å². The van der Waals surface area contributed by atoms with Crippen molar-refractivity contribution in [1.82, 2.24) is 10.2 Å². The normalized spacial score (nSPS) is 10.5. The van der Waals surface area contributed by atoms with Crippen molar-refractivity contribution >= 4 is 23.4 Å². The Morgan fingerprint density at radius 1 is 1.38 bits per heavy atom. The molecule has 0 bridgehead atoms. The van der Waals surface area contributed by atoms with E-state index in [1.54, 1.807) is 29.2 Å². The highest BCUT2D eigenvalue weighted by atomic mass is 35.5. The number of carbonyl (C=O) groups is 2. The number of benzene rings is 1. The summed E-state index contributed by atoms with van der Waals surface area (Å²) in [5, 5.41) is 11.9. The Morgan fingerprint density at radius 3 is 2.67 bits per heavy atom. The van der Waals surface area contributed by atoms with E-state index >= 15 is 0 Å². The van der Waals surface area contributed by atoms with Crippen molar-refractivity contribution in [2.45, 2.75) is 26.3 Å². The lowest BCUT2D eigenvalue weighted by Gasteiger charge is -2.26. The molecule has 0 radical (unpaired) electrons. The minimum atomic E-state index is -0.336. The average Bonchev–Trinajstić information content (AvgIpc) is 2.44. The first-order valence-corrected chi connectivity index (χ1v) is 7.27. The fourth-order valence-electron chi connectivity index (χ4n) is 1.90. The molecule has 1 aromatic carbocycles. The third kappa shape index (κ3) is 5.73. The van der Waals surface area contributed by atoms with E-state index in [-0.39, 0.29) is 31.0 Å². The molecule has 1 aromatic rings. The summed E-state index contributed by atoms with van der Waals surface area (Å²) in [6.45, 7) is 4.22. The van der Waals surface area contributed by atoms with Crippen molar-refractivity contribution in [3.63, 3.8) is 0 Å². The van der Waals surface area contributed by atoms with Crippen LogP contribution in [0.25, 0.3) is 0 Å². The number of aliphatic hydroxyl groups is 1. The summed E-state index contributed by atoms with van der Waals surface area (Å²) in [4.78, 5) is 25.7. The van der Waals surface area contributed by atoms with Gasteiger partial charge in [0.2, 0.25) is 5.91 Å². The van der Waals surface area contributed by atoms with Crippen molar-refractivity contribution in [2.75, 3.05) is 19.7 Å². The van der Waals surface area contributed by atoms with E-state index in [9.17, 15) is 9.59 Å². The molecule has 6 heteroatoms. The van der Waals surface area contributed by atoms with Gasteiger partial charge in [-0.2, -0.15) is 0 Å². The summed E-state index contributed by atoms with van der Waals surface area (Å²) in [5.41, 5.74) is 0.418. The standard InChI is InChI=1S/C15H21ClN2O3/c1-11(2)18(7-4-8-19)14(20)10-17-15(21)12-5-3-6-13(16)9-12/h3,5-6,9,11,19H,4,7-8,10H2,1-2H3,(H,17,21). The van der Waals surface area contributed by atoms with E-state index in [2.05, 4.69) is 5.32 Å². The smallest absolute Gasteiger partial charge is 0.251 e. The first-order valence-electron chi connectivity index (χ1n) is 6.89. The number of amides is 2. The summed E-state index contributed by atoms with van der Waals surface area (Å²) in [7, 11) is 0. The number of halogens is 1. The zero-order valence-corrected chi connectivity index (χ0v) is 13.1. The third-order valence-corrected chi connectivity index (χ3v) is 3.22. The highest BCUT2D eigenvalue weighted by Crippen LogP contribution is 2.10. The molecule has 0 aliphatic carbocycles. The molecule has 2 amide bonds. The molecule has 0 saturated heterocycles. The number of rotatable bonds is 7. The van der Waals surface area contributed by atoms with Gasteiger partial charge in [0, 0.05) is 29.8 Å². The maximum absolute atomic E-state index is 12.1. The molecule has 0 aliphatic rings. The molecule has 0 aliphatic heterocycles. The maximum atomic E-state index is 12.1. The predicted octanol–water partition coefficient (Wildman–Crippen LogP) is 1.69. The molecule has 21 heavy (non-hydrogen) atoms. The molecule has 116 valence electrons. The zero-order valence-electron chi connectivity index (χ0n) is 12.3. The molecule has 5 nitrogen and oxygen atoms in total. The molecule has 1 rings (SSSR count). The number of nitrogens with zero attached hydrogens (tertiary/aromatic N) is 1. The maximum Gasteiger partial charge on any atom is 0.251 e. The van der Waals surface area contributed by atoms with Crippen LogP contribution in [0, 0.1) is 0 Å². The monoisotopic (exact) mass is 312 g/mol. The summed E-state index contributed by atoms with van der Waals surface area (Å²) in [6.07, 6.45) is 0.520. The summed E-state index contributed by atoms with van der Waals surface area (Å²) >= 11 is 5.82. The van der Waals surface area contributed by atoms with Crippen LogP contribution in [0.5, 0.6) is 0 Å². The molecular formula is C15H21ClN2O3. The number of carbonyl (C=O) groups excluding carboxylic acids is 2. The first-order chi connectivity index (χ1) is 9.95. The third-order valence-electron chi connectivity index (χ3n) is 2.99. The minimum absolute atomic E-state index is 0.0205. The van der Waals surface area contributed by atoms with Crippen LogP contribution in [0.15, 0.2) is 24.3 Å². The van der Waals surface area contributed by atoms with Crippen LogP contribution < -0.4 is 5.32 Å². The Hall–Kier alpha value is -1.59.